The van der Waals surface area contributed by atoms with Gasteiger partial charge in [-0.25, -0.2) is 0 Å². The van der Waals surface area contributed by atoms with Crippen molar-refractivity contribution in [3.8, 4) is 5.75 Å². The fraction of sp³-hybridized carbons (Fsp3) is 0.188. The van der Waals surface area contributed by atoms with Crippen molar-refractivity contribution >= 4 is 11.9 Å². The Hall–Kier alpha value is -2.09. The predicted octanol–water partition coefficient (Wildman–Crippen LogP) is 4.02. The van der Waals surface area contributed by atoms with Crippen LogP contribution in [0, 0.1) is 0 Å². The molecule has 3 rings (SSSR count). The molecule has 0 amide bonds. The predicted molar refractivity (Wildman–Crippen MR) is 73.8 cm³/mol. The summed E-state index contributed by atoms with van der Waals surface area (Å²) >= 11 is 0. The Labute approximate surface area is 107 Å². The highest BCUT2D eigenvalue weighted by Gasteiger charge is 2.26. The molecule has 18 heavy (non-hydrogen) atoms. The van der Waals surface area contributed by atoms with E-state index < -0.39 is 0 Å². The Morgan fingerprint density at radius 3 is 2.50 bits per heavy atom. The summed E-state index contributed by atoms with van der Waals surface area (Å²) in [6.45, 7) is 0. The second-order valence-electron chi connectivity index (χ2n) is 4.65. The second kappa shape index (κ2) is 4.65. The molecule has 0 heterocycles. The summed E-state index contributed by atoms with van der Waals surface area (Å²) in [5.74, 6) is 0.940. The minimum absolute atomic E-state index is 0.389. The summed E-state index contributed by atoms with van der Waals surface area (Å²) in [7, 11) is 0. The van der Waals surface area contributed by atoms with Crippen molar-refractivity contribution in [3.63, 3.8) is 0 Å². The Kier molecular flexibility index (Phi) is 2.85. The van der Waals surface area contributed by atoms with Gasteiger partial charge < -0.3 is 5.11 Å². The van der Waals surface area contributed by atoms with E-state index in [1.54, 1.807) is 6.21 Å². The van der Waals surface area contributed by atoms with Gasteiger partial charge in [0.25, 0.3) is 0 Å². The third-order valence-corrected chi connectivity index (χ3v) is 3.22. The van der Waals surface area contributed by atoms with Crippen LogP contribution in [0.5, 0.6) is 5.75 Å². The molecule has 0 aromatic heterocycles. The summed E-state index contributed by atoms with van der Waals surface area (Å²) in [5, 5.41) is 10.2. The highest BCUT2D eigenvalue weighted by molar-refractivity contribution is 5.86. The molecule has 2 nitrogen and oxygen atoms in total. The third kappa shape index (κ3) is 2.28. The highest BCUT2D eigenvalue weighted by Crippen LogP contribution is 2.44. The molecule has 0 aliphatic heterocycles. The van der Waals surface area contributed by atoms with Gasteiger partial charge >= 0.3 is 0 Å². The van der Waals surface area contributed by atoms with Gasteiger partial charge in [-0.1, -0.05) is 30.3 Å². The van der Waals surface area contributed by atoms with E-state index >= 15 is 0 Å². The lowest BCUT2D eigenvalue weighted by atomic mass is 10.1. The fourth-order valence-electron chi connectivity index (χ4n) is 2.07. The van der Waals surface area contributed by atoms with Crippen molar-refractivity contribution in [1.82, 2.24) is 0 Å². The normalized spacial score (nSPS) is 15.1. The average Bonchev–Trinajstić information content (AvgIpc) is 3.23. The summed E-state index contributed by atoms with van der Waals surface area (Å²) in [4.78, 5) is 4.37. The molecule has 2 aromatic rings. The SMILES string of the molecule is Oc1c(C=Nc2ccccc2)cccc1C1CC1. The van der Waals surface area contributed by atoms with Crippen LogP contribution in [0.4, 0.5) is 5.69 Å². The maximum absolute atomic E-state index is 10.2. The molecular weight excluding hydrogens is 222 g/mol. The number of aromatic hydroxyl groups is 1. The Bertz CT molecular complexity index is 571. The van der Waals surface area contributed by atoms with E-state index in [0.717, 1.165) is 16.8 Å². The molecule has 90 valence electrons. The lowest BCUT2D eigenvalue weighted by Crippen LogP contribution is -1.87. The van der Waals surface area contributed by atoms with Gasteiger partial charge in [-0.3, -0.25) is 4.99 Å². The Morgan fingerprint density at radius 2 is 1.78 bits per heavy atom. The van der Waals surface area contributed by atoms with Crippen LogP contribution in [-0.4, -0.2) is 11.3 Å². The van der Waals surface area contributed by atoms with Gasteiger partial charge in [0, 0.05) is 11.8 Å². The first-order valence-electron chi connectivity index (χ1n) is 6.25. The average molecular weight is 237 g/mol. The van der Waals surface area contributed by atoms with Crippen LogP contribution >= 0.6 is 0 Å². The summed E-state index contributed by atoms with van der Waals surface area (Å²) < 4.78 is 0. The summed E-state index contributed by atoms with van der Waals surface area (Å²) in [5.41, 5.74) is 2.75. The van der Waals surface area contributed by atoms with Crippen LogP contribution in [0.1, 0.15) is 29.9 Å². The number of phenolic OH excluding ortho intramolecular Hbond substituents is 1. The van der Waals surface area contributed by atoms with E-state index in [2.05, 4.69) is 4.99 Å². The van der Waals surface area contributed by atoms with Crippen molar-refractivity contribution in [1.29, 1.82) is 0 Å². The molecule has 1 fully saturated rings. The van der Waals surface area contributed by atoms with Crippen molar-refractivity contribution in [2.45, 2.75) is 18.8 Å². The molecule has 0 radical (unpaired) electrons. The number of nitrogens with zero attached hydrogens (tertiary/aromatic N) is 1. The van der Waals surface area contributed by atoms with Crippen LogP contribution in [0.15, 0.2) is 53.5 Å². The minimum Gasteiger partial charge on any atom is -0.507 e. The topological polar surface area (TPSA) is 32.6 Å². The standard InChI is InChI=1S/C16H15NO/c18-16-13(5-4-8-15(16)12-9-10-12)11-17-14-6-2-1-3-7-14/h1-8,11-12,18H,9-10H2. The van der Waals surface area contributed by atoms with Gasteiger partial charge in [-0.15, -0.1) is 0 Å². The van der Waals surface area contributed by atoms with Crippen LogP contribution in [0.25, 0.3) is 0 Å². The van der Waals surface area contributed by atoms with Crippen LogP contribution in [0.2, 0.25) is 0 Å². The van der Waals surface area contributed by atoms with E-state index in [1.807, 2.05) is 48.5 Å². The highest BCUT2D eigenvalue weighted by atomic mass is 16.3. The number of rotatable bonds is 3. The first-order valence-corrected chi connectivity index (χ1v) is 6.25. The number of hydrogen-bond acceptors (Lipinski definition) is 2. The maximum atomic E-state index is 10.2. The van der Waals surface area contributed by atoms with E-state index in [4.69, 9.17) is 0 Å². The number of phenols is 1. The summed E-state index contributed by atoms with van der Waals surface area (Å²) in [6, 6.07) is 15.6. The molecule has 1 saturated carbocycles. The van der Waals surface area contributed by atoms with Gasteiger partial charge in [0.05, 0.1) is 5.69 Å². The van der Waals surface area contributed by atoms with Crippen LogP contribution in [-0.2, 0) is 0 Å². The zero-order valence-corrected chi connectivity index (χ0v) is 10.1. The number of aliphatic imine (C=N–C) groups is 1. The van der Waals surface area contributed by atoms with Crippen molar-refractivity contribution in [2.75, 3.05) is 0 Å². The molecule has 0 unspecified atom stereocenters. The quantitative estimate of drug-likeness (QED) is 0.803. The Balaban J connectivity index is 1.88. The first kappa shape index (κ1) is 11.0. The van der Waals surface area contributed by atoms with Gasteiger partial charge in [0.2, 0.25) is 0 Å². The van der Waals surface area contributed by atoms with Gasteiger partial charge in [-0.05, 0) is 42.5 Å². The van der Waals surface area contributed by atoms with Crippen LogP contribution < -0.4 is 0 Å². The largest absolute Gasteiger partial charge is 0.507 e. The first-order chi connectivity index (χ1) is 8.84. The molecule has 0 saturated heterocycles. The van der Waals surface area contributed by atoms with E-state index in [9.17, 15) is 5.11 Å². The molecular formula is C16H15NO. The van der Waals surface area contributed by atoms with E-state index in [0.29, 0.717) is 11.7 Å². The maximum Gasteiger partial charge on any atom is 0.127 e. The number of para-hydroxylation sites is 2. The number of benzene rings is 2. The van der Waals surface area contributed by atoms with Crippen molar-refractivity contribution in [2.24, 2.45) is 4.99 Å². The molecule has 0 atom stereocenters. The van der Waals surface area contributed by atoms with Gasteiger partial charge in [0.1, 0.15) is 5.75 Å². The lowest BCUT2D eigenvalue weighted by Gasteiger charge is -2.05. The molecule has 1 N–H and O–H groups in total. The zero-order chi connectivity index (χ0) is 12.4. The van der Waals surface area contributed by atoms with Gasteiger partial charge in [-0.2, -0.15) is 0 Å². The van der Waals surface area contributed by atoms with Crippen LogP contribution in [0.3, 0.4) is 0 Å². The van der Waals surface area contributed by atoms with Gasteiger partial charge in [0.15, 0.2) is 0 Å². The lowest BCUT2D eigenvalue weighted by molar-refractivity contribution is 0.467. The Morgan fingerprint density at radius 1 is 1.00 bits per heavy atom. The van der Waals surface area contributed by atoms with E-state index in [-0.39, 0.29) is 0 Å². The molecule has 1 aliphatic rings. The van der Waals surface area contributed by atoms with Crippen molar-refractivity contribution < 1.29 is 5.11 Å². The van der Waals surface area contributed by atoms with Crippen molar-refractivity contribution in [3.05, 3.63) is 59.7 Å². The number of hydrogen-bond donors (Lipinski definition) is 1. The summed E-state index contributed by atoms with van der Waals surface area (Å²) in [6.07, 6.45) is 4.11. The second-order valence-corrected chi connectivity index (χ2v) is 4.65. The molecule has 1 aliphatic carbocycles. The van der Waals surface area contributed by atoms with E-state index in [1.165, 1.54) is 12.8 Å². The molecule has 0 bridgehead atoms. The molecule has 2 aromatic carbocycles. The monoisotopic (exact) mass is 237 g/mol. The molecule has 2 heteroatoms. The zero-order valence-electron chi connectivity index (χ0n) is 10.1. The smallest absolute Gasteiger partial charge is 0.127 e. The fourth-order valence-corrected chi connectivity index (χ4v) is 2.07. The minimum atomic E-state index is 0.389. The third-order valence-electron chi connectivity index (χ3n) is 3.22. The molecule has 0 spiro atoms.